The maximum Gasteiger partial charge on any atom is 0.326 e. The van der Waals surface area contributed by atoms with Crippen molar-refractivity contribution in [3.05, 3.63) is 0 Å². The third kappa shape index (κ3) is 5.55. The van der Waals surface area contributed by atoms with Crippen molar-refractivity contribution in [2.24, 2.45) is 5.92 Å². The molecule has 0 radical (unpaired) electrons. The van der Waals surface area contributed by atoms with Gasteiger partial charge in [0.2, 0.25) is 5.91 Å². The second kappa shape index (κ2) is 6.69. The number of carboxylic acids is 2. The van der Waals surface area contributed by atoms with Crippen molar-refractivity contribution < 1.29 is 33.0 Å². The average Bonchev–Trinajstić information content (AvgIpc) is 2.63. The second-order valence-electron chi connectivity index (χ2n) is 4.86. The Labute approximate surface area is 116 Å². The fourth-order valence-corrected chi connectivity index (χ4v) is 3.94. The predicted molar refractivity (Wildman–Crippen MR) is 67.8 cm³/mol. The van der Waals surface area contributed by atoms with E-state index < -0.39 is 33.7 Å². The van der Waals surface area contributed by atoms with Gasteiger partial charge in [-0.2, -0.15) is 0 Å². The van der Waals surface area contributed by atoms with Crippen LogP contribution in [-0.2, 0) is 24.2 Å². The molecule has 0 saturated carbocycles. The number of amides is 1. The van der Waals surface area contributed by atoms with E-state index in [1.54, 1.807) is 0 Å². The Kier molecular flexibility index (Phi) is 5.49. The van der Waals surface area contributed by atoms with E-state index in [9.17, 15) is 22.8 Å². The zero-order valence-corrected chi connectivity index (χ0v) is 11.6. The monoisotopic (exact) mass is 307 g/mol. The number of rotatable bonds is 7. The minimum absolute atomic E-state index is 0.0479. The lowest BCUT2D eigenvalue weighted by molar-refractivity contribution is -0.143. The Morgan fingerprint density at radius 1 is 1.25 bits per heavy atom. The zero-order chi connectivity index (χ0) is 15.3. The van der Waals surface area contributed by atoms with Gasteiger partial charge in [0, 0.05) is 12.8 Å². The maximum absolute atomic E-state index is 11.7. The third-order valence-electron chi connectivity index (χ3n) is 3.08. The first-order chi connectivity index (χ1) is 9.19. The highest BCUT2D eigenvalue weighted by Gasteiger charge is 2.30. The first-order valence-corrected chi connectivity index (χ1v) is 7.96. The Morgan fingerprint density at radius 3 is 2.35 bits per heavy atom. The minimum atomic E-state index is -3.08. The fraction of sp³-hybridized carbons (Fsp3) is 0.727. The van der Waals surface area contributed by atoms with Gasteiger partial charge >= 0.3 is 11.9 Å². The van der Waals surface area contributed by atoms with Crippen LogP contribution in [0, 0.1) is 5.92 Å². The van der Waals surface area contributed by atoms with Gasteiger partial charge in [0.15, 0.2) is 9.84 Å². The summed E-state index contributed by atoms with van der Waals surface area (Å²) in [7, 11) is -3.08. The topological polar surface area (TPSA) is 138 Å². The van der Waals surface area contributed by atoms with Gasteiger partial charge in [0.05, 0.1) is 11.5 Å². The smallest absolute Gasteiger partial charge is 0.326 e. The van der Waals surface area contributed by atoms with E-state index in [2.05, 4.69) is 5.32 Å². The number of carbonyl (C=O) groups excluding carboxylic acids is 1. The highest BCUT2D eigenvalue weighted by molar-refractivity contribution is 7.91. The van der Waals surface area contributed by atoms with Crippen LogP contribution in [0.4, 0.5) is 0 Å². The molecule has 3 N–H and O–H groups in total. The van der Waals surface area contributed by atoms with E-state index in [1.807, 2.05) is 0 Å². The molecule has 9 heteroatoms. The number of hydrogen-bond acceptors (Lipinski definition) is 5. The second-order valence-corrected chi connectivity index (χ2v) is 7.09. The average molecular weight is 307 g/mol. The van der Waals surface area contributed by atoms with Gasteiger partial charge in [-0.05, 0) is 18.8 Å². The van der Waals surface area contributed by atoms with Gasteiger partial charge in [-0.15, -0.1) is 0 Å². The fourth-order valence-electron chi connectivity index (χ4n) is 2.07. The molecular weight excluding hydrogens is 290 g/mol. The molecule has 1 unspecified atom stereocenters. The van der Waals surface area contributed by atoms with Crippen molar-refractivity contribution >= 4 is 27.7 Å². The molecule has 0 aliphatic carbocycles. The number of hydrogen-bond donors (Lipinski definition) is 3. The van der Waals surface area contributed by atoms with Gasteiger partial charge < -0.3 is 15.5 Å². The van der Waals surface area contributed by atoms with Crippen LogP contribution in [0.2, 0.25) is 0 Å². The summed E-state index contributed by atoms with van der Waals surface area (Å²) in [5.74, 6) is -3.33. The van der Waals surface area contributed by atoms with Crippen molar-refractivity contribution in [1.29, 1.82) is 0 Å². The van der Waals surface area contributed by atoms with Gasteiger partial charge in [-0.1, -0.05) is 0 Å². The Morgan fingerprint density at radius 2 is 1.90 bits per heavy atom. The summed E-state index contributed by atoms with van der Waals surface area (Å²) in [6, 6.07) is -1.27. The zero-order valence-electron chi connectivity index (χ0n) is 10.7. The summed E-state index contributed by atoms with van der Waals surface area (Å²) in [4.78, 5) is 32.9. The summed E-state index contributed by atoms with van der Waals surface area (Å²) in [6.45, 7) is 0. The predicted octanol–water partition coefficient (Wildman–Crippen LogP) is -0.755. The number of sulfone groups is 1. The molecule has 0 aromatic heterocycles. The summed E-state index contributed by atoms with van der Waals surface area (Å²) >= 11 is 0. The van der Waals surface area contributed by atoms with E-state index in [4.69, 9.17) is 10.2 Å². The molecule has 1 aliphatic heterocycles. The van der Waals surface area contributed by atoms with Crippen LogP contribution >= 0.6 is 0 Å². The minimum Gasteiger partial charge on any atom is -0.481 e. The summed E-state index contributed by atoms with van der Waals surface area (Å²) < 4.78 is 22.5. The normalized spacial score (nSPS) is 22.1. The first-order valence-electron chi connectivity index (χ1n) is 6.14. The van der Waals surface area contributed by atoms with Gasteiger partial charge in [0.1, 0.15) is 6.04 Å². The quantitative estimate of drug-likeness (QED) is 0.562. The highest BCUT2D eigenvalue weighted by atomic mass is 32.2. The van der Waals surface area contributed by atoms with Gasteiger partial charge in [-0.25, -0.2) is 13.2 Å². The lowest BCUT2D eigenvalue weighted by Crippen LogP contribution is -2.41. The van der Waals surface area contributed by atoms with Crippen LogP contribution in [0.1, 0.15) is 25.7 Å². The lowest BCUT2D eigenvalue weighted by atomic mass is 10.0. The highest BCUT2D eigenvalue weighted by Crippen LogP contribution is 2.21. The number of carbonyl (C=O) groups is 3. The third-order valence-corrected chi connectivity index (χ3v) is 4.92. The van der Waals surface area contributed by atoms with E-state index in [0.717, 1.165) is 0 Å². The first kappa shape index (κ1) is 16.4. The molecule has 2 atom stereocenters. The number of carboxylic acid groups (broad SMARTS) is 2. The largest absolute Gasteiger partial charge is 0.481 e. The number of aliphatic carboxylic acids is 2. The molecule has 1 fully saturated rings. The lowest BCUT2D eigenvalue weighted by Gasteiger charge is -2.15. The van der Waals surface area contributed by atoms with E-state index in [0.29, 0.717) is 6.42 Å². The molecule has 1 amide bonds. The van der Waals surface area contributed by atoms with E-state index in [1.165, 1.54) is 0 Å². The van der Waals surface area contributed by atoms with Crippen LogP contribution < -0.4 is 5.32 Å². The van der Waals surface area contributed by atoms with Crippen LogP contribution in [0.25, 0.3) is 0 Å². The Hall–Kier alpha value is -1.64. The van der Waals surface area contributed by atoms with Crippen molar-refractivity contribution in [2.45, 2.75) is 31.7 Å². The summed E-state index contributed by atoms with van der Waals surface area (Å²) in [5.41, 5.74) is 0. The Balaban J connectivity index is 2.46. The molecule has 0 aromatic carbocycles. The molecule has 114 valence electrons. The molecule has 1 rings (SSSR count). The molecule has 0 bridgehead atoms. The van der Waals surface area contributed by atoms with Crippen molar-refractivity contribution in [2.75, 3.05) is 11.5 Å². The van der Waals surface area contributed by atoms with Crippen molar-refractivity contribution in [3.63, 3.8) is 0 Å². The van der Waals surface area contributed by atoms with Crippen LogP contribution in [0.3, 0.4) is 0 Å². The molecule has 1 saturated heterocycles. The van der Waals surface area contributed by atoms with Crippen LogP contribution in [0.15, 0.2) is 0 Å². The van der Waals surface area contributed by atoms with E-state index >= 15 is 0 Å². The molecule has 1 heterocycles. The van der Waals surface area contributed by atoms with Crippen molar-refractivity contribution in [1.82, 2.24) is 5.32 Å². The number of nitrogens with one attached hydrogen (secondary N) is 1. The van der Waals surface area contributed by atoms with Crippen LogP contribution in [-0.4, -0.2) is 54.0 Å². The molecule has 0 aromatic rings. The van der Waals surface area contributed by atoms with E-state index in [-0.39, 0.29) is 36.7 Å². The summed E-state index contributed by atoms with van der Waals surface area (Å²) in [6.07, 6.45) is -0.243. The van der Waals surface area contributed by atoms with Gasteiger partial charge in [-0.3, -0.25) is 9.59 Å². The molecule has 1 aliphatic rings. The molecule has 20 heavy (non-hydrogen) atoms. The standard InChI is InChI=1S/C11H17NO7S/c13-9(5-7-3-4-20(18,19)6-7)12-8(11(16)17)1-2-10(14)15/h7-8H,1-6H2,(H,12,13)(H,14,15)(H,16,17)/t7?,8-/m0/s1. The molecular formula is C11H17NO7S. The SMILES string of the molecule is O=C(O)CC[C@H](NC(=O)CC1CCS(=O)(=O)C1)C(=O)O. The van der Waals surface area contributed by atoms with Crippen LogP contribution in [0.5, 0.6) is 0 Å². The van der Waals surface area contributed by atoms with Crippen molar-refractivity contribution in [3.8, 4) is 0 Å². The summed E-state index contributed by atoms with van der Waals surface area (Å²) in [5, 5.41) is 19.6. The molecule has 0 spiro atoms. The maximum atomic E-state index is 11.7. The van der Waals surface area contributed by atoms with Gasteiger partial charge in [0.25, 0.3) is 0 Å². The Bertz CT molecular complexity index is 499. The molecule has 8 nitrogen and oxygen atoms in total.